The molecule has 3 atom stereocenters. The molecule has 2 aromatic rings. The lowest BCUT2D eigenvalue weighted by atomic mass is 9.88. The molecule has 1 heterocycles. The third-order valence-electron chi connectivity index (χ3n) is 5.52. The highest BCUT2D eigenvalue weighted by atomic mass is 16.1. The number of benzene rings is 1. The summed E-state index contributed by atoms with van der Waals surface area (Å²) in [6.07, 6.45) is 6.69. The van der Waals surface area contributed by atoms with Crippen molar-refractivity contribution in [1.82, 2.24) is 4.98 Å². The van der Waals surface area contributed by atoms with Gasteiger partial charge < -0.3 is 5.32 Å². The summed E-state index contributed by atoms with van der Waals surface area (Å²) in [5.41, 5.74) is 4.07. The van der Waals surface area contributed by atoms with E-state index in [9.17, 15) is 4.79 Å². The molecule has 4 rings (SSSR count). The molecule has 1 aromatic carbocycles. The molecule has 0 spiro atoms. The van der Waals surface area contributed by atoms with Crippen LogP contribution in [0.5, 0.6) is 0 Å². The van der Waals surface area contributed by atoms with Gasteiger partial charge in [0.25, 0.3) is 0 Å². The smallest absolute Gasteiger partial charge is 0.227 e. The standard InChI is InChI=1S/C20H22N2O/c1-13-5-8-16(12-17(13)19-4-2-3-9-21-19)22-20(23)18-11-14-6-7-15(18)10-14/h2-5,8-9,12,14-15,18H,6-7,10-11H2,1H3,(H,22,23). The van der Waals surface area contributed by atoms with Crippen LogP contribution in [-0.2, 0) is 4.79 Å². The van der Waals surface area contributed by atoms with Crippen molar-refractivity contribution < 1.29 is 4.79 Å². The molecule has 2 aliphatic carbocycles. The maximum atomic E-state index is 12.6. The SMILES string of the molecule is Cc1ccc(NC(=O)C2CC3CCC2C3)cc1-c1ccccn1. The molecule has 0 saturated heterocycles. The van der Waals surface area contributed by atoms with Crippen molar-refractivity contribution in [2.75, 3.05) is 5.32 Å². The summed E-state index contributed by atoms with van der Waals surface area (Å²) in [5.74, 6) is 1.82. The lowest BCUT2D eigenvalue weighted by Crippen LogP contribution is -2.27. The van der Waals surface area contributed by atoms with E-state index >= 15 is 0 Å². The first-order valence-corrected chi connectivity index (χ1v) is 8.53. The Kier molecular flexibility index (Phi) is 3.64. The number of nitrogens with one attached hydrogen (secondary N) is 1. The van der Waals surface area contributed by atoms with Crippen molar-refractivity contribution in [1.29, 1.82) is 0 Å². The maximum Gasteiger partial charge on any atom is 0.227 e. The average Bonchev–Trinajstić information content (AvgIpc) is 3.20. The van der Waals surface area contributed by atoms with Crippen molar-refractivity contribution in [3.8, 4) is 11.3 Å². The van der Waals surface area contributed by atoms with Crippen LogP contribution in [0.1, 0.15) is 31.2 Å². The molecule has 3 nitrogen and oxygen atoms in total. The number of anilines is 1. The van der Waals surface area contributed by atoms with Crippen LogP contribution < -0.4 is 5.32 Å². The fourth-order valence-corrected chi connectivity index (χ4v) is 4.30. The Labute approximate surface area is 137 Å². The van der Waals surface area contributed by atoms with Crippen molar-refractivity contribution in [3.63, 3.8) is 0 Å². The molecule has 23 heavy (non-hydrogen) atoms. The average molecular weight is 306 g/mol. The molecule has 2 aliphatic rings. The van der Waals surface area contributed by atoms with Crippen molar-refractivity contribution >= 4 is 11.6 Å². The number of fused-ring (bicyclic) bond motifs is 2. The van der Waals surface area contributed by atoms with Crippen molar-refractivity contribution in [2.24, 2.45) is 17.8 Å². The predicted octanol–water partition coefficient (Wildman–Crippen LogP) is 4.43. The molecule has 0 aliphatic heterocycles. The minimum atomic E-state index is 0.202. The molecule has 0 radical (unpaired) electrons. The van der Waals surface area contributed by atoms with Crippen LogP contribution in [0.15, 0.2) is 42.6 Å². The number of nitrogens with zero attached hydrogens (tertiary/aromatic N) is 1. The Morgan fingerprint density at radius 2 is 2.09 bits per heavy atom. The zero-order valence-electron chi connectivity index (χ0n) is 13.5. The Morgan fingerprint density at radius 3 is 2.78 bits per heavy atom. The first-order valence-electron chi connectivity index (χ1n) is 8.53. The van der Waals surface area contributed by atoms with Crippen LogP contribution in [0.2, 0.25) is 0 Å². The first-order chi connectivity index (χ1) is 11.2. The van der Waals surface area contributed by atoms with Gasteiger partial charge in [0.05, 0.1) is 5.69 Å². The van der Waals surface area contributed by atoms with E-state index in [1.54, 1.807) is 6.20 Å². The van der Waals surface area contributed by atoms with Gasteiger partial charge in [-0.3, -0.25) is 9.78 Å². The molecule has 3 heteroatoms. The van der Waals surface area contributed by atoms with E-state index in [2.05, 4.69) is 23.3 Å². The van der Waals surface area contributed by atoms with Crippen molar-refractivity contribution in [3.05, 3.63) is 48.2 Å². The molecule has 118 valence electrons. The van der Waals surface area contributed by atoms with E-state index in [4.69, 9.17) is 0 Å². The van der Waals surface area contributed by atoms with Crippen LogP contribution in [0, 0.1) is 24.7 Å². The lowest BCUT2D eigenvalue weighted by Gasteiger charge is -2.21. The summed E-state index contributed by atoms with van der Waals surface area (Å²) < 4.78 is 0. The molecule has 2 bridgehead atoms. The van der Waals surface area contributed by atoms with Crippen LogP contribution in [0.3, 0.4) is 0 Å². The molecule has 1 amide bonds. The number of aryl methyl sites for hydroxylation is 1. The maximum absolute atomic E-state index is 12.6. The second-order valence-corrected chi connectivity index (χ2v) is 7.02. The van der Waals surface area contributed by atoms with Crippen LogP contribution >= 0.6 is 0 Å². The fraction of sp³-hybridized carbons (Fsp3) is 0.400. The summed E-state index contributed by atoms with van der Waals surface area (Å²) in [7, 11) is 0. The van der Waals surface area contributed by atoms with E-state index in [1.165, 1.54) is 24.8 Å². The number of hydrogen-bond acceptors (Lipinski definition) is 2. The topological polar surface area (TPSA) is 42.0 Å². The van der Waals surface area contributed by atoms with Gasteiger partial charge in [-0.25, -0.2) is 0 Å². The molecule has 1 N–H and O–H groups in total. The minimum Gasteiger partial charge on any atom is -0.326 e. The number of pyridine rings is 1. The van der Waals surface area contributed by atoms with E-state index in [1.807, 2.05) is 30.3 Å². The van der Waals surface area contributed by atoms with Gasteiger partial charge in [0, 0.05) is 23.4 Å². The number of aromatic nitrogens is 1. The lowest BCUT2D eigenvalue weighted by molar-refractivity contribution is -0.121. The highest BCUT2D eigenvalue weighted by Crippen LogP contribution is 2.48. The molecular weight excluding hydrogens is 284 g/mol. The van der Waals surface area contributed by atoms with Gasteiger partial charge >= 0.3 is 0 Å². The monoisotopic (exact) mass is 306 g/mol. The van der Waals surface area contributed by atoms with Gasteiger partial charge in [0.1, 0.15) is 0 Å². The largest absolute Gasteiger partial charge is 0.326 e. The highest BCUT2D eigenvalue weighted by Gasteiger charge is 2.42. The van der Waals surface area contributed by atoms with Gasteiger partial charge in [-0.2, -0.15) is 0 Å². The highest BCUT2D eigenvalue weighted by molar-refractivity contribution is 5.93. The summed E-state index contributed by atoms with van der Waals surface area (Å²) in [5, 5.41) is 3.14. The second-order valence-electron chi connectivity index (χ2n) is 7.02. The van der Waals surface area contributed by atoms with Gasteiger partial charge in [0.2, 0.25) is 5.91 Å². The van der Waals surface area contributed by atoms with Crippen LogP contribution in [-0.4, -0.2) is 10.9 Å². The van der Waals surface area contributed by atoms with Crippen LogP contribution in [0.4, 0.5) is 5.69 Å². The second kappa shape index (κ2) is 5.80. The normalized spacial score (nSPS) is 25.5. The molecular formula is C20H22N2O. The minimum absolute atomic E-state index is 0.202. The van der Waals surface area contributed by atoms with Gasteiger partial charge in [-0.1, -0.05) is 18.6 Å². The Bertz CT molecular complexity index is 726. The van der Waals surface area contributed by atoms with Gasteiger partial charge in [-0.15, -0.1) is 0 Å². The molecule has 1 aromatic heterocycles. The predicted molar refractivity (Wildman–Crippen MR) is 92.0 cm³/mol. The molecule has 3 unspecified atom stereocenters. The Hall–Kier alpha value is -2.16. The van der Waals surface area contributed by atoms with Crippen LogP contribution in [0.25, 0.3) is 11.3 Å². The molecule has 2 fully saturated rings. The zero-order chi connectivity index (χ0) is 15.8. The Balaban J connectivity index is 1.54. The molecule has 2 saturated carbocycles. The summed E-state index contributed by atoms with van der Waals surface area (Å²) in [6, 6.07) is 12.0. The number of rotatable bonds is 3. The van der Waals surface area contributed by atoms with Gasteiger partial charge in [0.15, 0.2) is 0 Å². The third-order valence-corrected chi connectivity index (χ3v) is 5.52. The number of carbonyl (C=O) groups is 1. The number of carbonyl (C=O) groups excluding carboxylic acids is 1. The Morgan fingerprint density at radius 1 is 1.17 bits per heavy atom. The van der Waals surface area contributed by atoms with E-state index in [-0.39, 0.29) is 11.8 Å². The summed E-state index contributed by atoms with van der Waals surface area (Å²) in [6.45, 7) is 2.07. The third kappa shape index (κ3) is 2.76. The zero-order valence-corrected chi connectivity index (χ0v) is 13.5. The van der Waals surface area contributed by atoms with E-state index in [0.717, 1.165) is 29.3 Å². The fourth-order valence-electron chi connectivity index (χ4n) is 4.30. The summed E-state index contributed by atoms with van der Waals surface area (Å²) in [4.78, 5) is 17.0. The van der Waals surface area contributed by atoms with Gasteiger partial charge in [-0.05, 0) is 67.9 Å². The number of hydrogen-bond donors (Lipinski definition) is 1. The van der Waals surface area contributed by atoms with Crippen molar-refractivity contribution in [2.45, 2.75) is 32.6 Å². The quantitative estimate of drug-likeness (QED) is 0.911. The first kappa shape index (κ1) is 14.4. The van der Waals surface area contributed by atoms with E-state index in [0.29, 0.717) is 5.92 Å². The van der Waals surface area contributed by atoms with E-state index < -0.39 is 0 Å². The number of amides is 1. The summed E-state index contributed by atoms with van der Waals surface area (Å²) >= 11 is 0.